The van der Waals surface area contributed by atoms with Crippen LogP contribution in [0.1, 0.15) is 43.2 Å². The van der Waals surface area contributed by atoms with Crippen LogP contribution in [0.4, 0.5) is 5.69 Å². The van der Waals surface area contributed by atoms with Crippen LogP contribution in [-0.4, -0.2) is 23.8 Å². The highest BCUT2D eigenvalue weighted by Gasteiger charge is 2.31. The van der Waals surface area contributed by atoms with Crippen LogP contribution < -0.4 is 4.90 Å². The third-order valence-corrected chi connectivity index (χ3v) is 4.48. The Morgan fingerprint density at radius 3 is 2.83 bits per heavy atom. The minimum Gasteiger partial charge on any atom is -0.391 e. The van der Waals surface area contributed by atoms with E-state index in [0.29, 0.717) is 6.04 Å². The van der Waals surface area contributed by atoms with Crippen molar-refractivity contribution >= 4 is 5.69 Å². The molecule has 0 saturated heterocycles. The van der Waals surface area contributed by atoms with Crippen molar-refractivity contribution < 1.29 is 5.11 Å². The van der Waals surface area contributed by atoms with Gasteiger partial charge in [0.15, 0.2) is 0 Å². The Balaban J connectivity index is 1.90. The first-order chi connectivity index (χ1) is 8.75. The van der Waals surface area contributed by atoms with Gasteiger partial charge in [-0.1, -0.05) is 30.5 Å². The van der Waals surface area contributed by atoms with Crippen molar-refractivity contribution in [3.63, 3.8) is 0 Å². The maximum Gasteiger partial charge on any atom is 0.0743 e. The molecule has 1 aliphatic heterocycles. The van der Waals surface area contributed by atoms with Gasteiger partial charge in [0, 0.05) is 12.2 Å². The van der Waals surface area contributed by atoms with Gasteiger partial charge in [-0.2, -0.15) is 0 Å². The van der Waals surface area contributed by atoms with Crippen LogP contribution in [0.5, 0.6) is 0 Å². The summed E-state index contributed by atoms with van der Waals surface area (Å²) in [5, 5.41) is 10.3. The fraction of sp³-hybridized carbons (Fsp3) is 0.625. The van der Waals surface area contributed by atoms with Gasteiger partial charge in [-0.25, -0.2) is 0 Å². The lowest BCUT2D eigenvalue weighted by atomic mass is 9.88. The van der Waals surface area contributed by atoms with Crippen molar-refractivity contribution in [2.45, 2.75) is 57.6 Å². The van der Waals surface area contributed by atoms with Crippen LogP contribution in [0, 0.1) is 6.92 Å². The molecule has 0 amide bonds. The average molecular weight is 245 g/mol. The SMILES string of the molecule is Cc1ccc2c(c1)CCCN2[C@@H]1CCCC[C@H]1O. The van der Waals surface area contributed by atoms with Gasteiger partial charge in [-0.3, -0.25) is 0 Å². The second-order valence-electron chi connectivity index (χ2n) is 5.85. The van der Waals surface area contributed by atoms with Crippen LogP contribution in [0.15, 0.2) is 18.2 Å². The quantitative estimate of drug-likeness (QED) is 0.822. The number of hydrogen-bond acceptors (Lipinski definition) is 2. The lowest BCUT2D eigenvalue weighted by Gasteiger charge is -2.42. The lowest BCUT2D eigenvalue weighted by molar-refractivity contribution is 0.103. The number of nitrogens with zero attached hydrogens (tertiary/aromatic N) is 1. The predicted molar refractivity (Wildman–Crippen MR) is 75.1 cm³/mol. The number of benzene rings is 1. The molecule has 1 N–H and O–H groups in total. The first-order valence-electron chi connectivity index (χ1n) is 7.30. The average Bonchev–Trinajstić information content (AvgIpc) is 2.38. The summed E-state index contributed by atoms with van der Waals surface area (Å²) >= 11 is 0. The highest BCUT2D eigenvalue weighted by atomic mass is 16.3. The van der Waals surface area contributed by atoms with E-state index >= 15 is 0 Å². The summed E-state index contributed by atoms with van der Waals surface area (Å²) in [6, 6.07) is 7.12. The molecular formula is C16H23NO. The van der Waals surface area contributed by atoms with Crippen LogP contribution in [-0.2, 0) is 6.42 Å². The highest BCUT2D eigenvalue weighted by molar-refractivity contribution is 5.57. The first kappa shape index (κ1) is 12.0. The monoisotopic (exact) mass is 245 g/mol. The Bertz CT molecular complexity index is 429. The summed E-state index contributed by atoms with van der Waals surface area (Å²) in [5.41, 5.74) is 4.19. The van der Waals surface area contributed by atoms with E-state index in [2.05, 4.69) is 30.0 Å². The molecule has 3 rings (SSSR count). The number of fused-ring (bicyclic) bond motifs is 1. The summed E-state index contributed by atoms with van der Waals surface area (Å²) in [5.74, 6) is 0. The topological polar surface area (TPSA) is 23.5 Å². The molecule has 1 heterocycles. The van der Waals surface area contributed by atoms with Gasteiger partial charge in [0.25, 0.3) is 0 Å². The number of aliphatic hydroxyl groups excluding tert-OH is 1. The molecule has 0 bridgehead atoms. The summed E-state index contributed by atoms with van der Waals surface area (Å²) in [7, 11) is 0. The molecule has 1 aliphatic carbocycles. The third-order valence-electron chi connectivity index (χ3n) is 4.48. The van der Waals surface area contributed by atoms with E-state index < -0.39 is 0 Å². The fourth-order valence-corrected chi connectivity index (χ4v) is 3.55. The molecule has 0 aromatic heterocycles. The molecule has 0 spiro atoms. The van der Waals surface area contributed by atoms with E-state index in [1.807, 2.05) is 0 Å². The zero-order valence-electron chi connectivity index (χ0n) is 11.2. The predicted octanol–water partition coefficient (Wildman–Crippen LogP) is 3.05. The second kappa shape index (κ2) is 4.93. The van der Waals surface area contributed by atoms with Gasteiger partial charge in [0.05, 0.1) is 12.1 Å². The molecule has 2 nitrogen and oxygen atoms in total. The maximum atomic E-state index is 10.3. The zero-order chi connectivity index (χ0) is 12.5. The summed E-state index contributed by atoms with van der Waals surface area (Å²) in [4.78, 5) is 2.47. The number of anilines is 1. The van der Waals surface area contributed by atoms with E-state index in [0.717, 1.165) is 19.4 Å². The fourth-order valence-electron chi connectivity index (χ4n) is 3.55. The van der Waals surface area contributed by atoms with E-state index in [-0.39, 0.29) is 6.10 Å². The smallest absolute Gasteiger partial charge is 0.0743 e. The Morgan fingerprint density at radius 2 is 2.00 bits per heavy atom. The summed E-state index contributed by atoms with van der Waals surface area (Å²) in [6.07, 6.45) is 6.85. The van der Waals surface area contributed by atoms with Crippen LogP contribution in [0.2, 0.25) is 0 Å². The first-order valence-corrected chi connectivity index (χ1v) is 7.30. The Kier molecular flexibility index (Phi) is 3.29. The molecule has 0 radical (unpaired) electrons. The second-order valence-corrected chi connectivity index (χ2v) is 5.85. The Hall–Kier alpha value is -1.02. The summed E-state index contributed by atoms with van der Waals surface area (Å²) in [6.45, 7) is 3.27. The largest absolute Gasteiger partial charge is 0.391 e. The van der Waals surface area contributed by atoms with E-state index in [1.165, 1.54) is 42.5 Å². The van der Waals surface area contributed by atoms with Gasteiger partial charge in [0.2, 0.25) is 0 Å². The van der Waals surface area contributed by atoms with Gasteiger partial charge >= 0.3 is 0 Å². The molecule has 98 valence electrons. The van der Waals surface area contributed by atoms with Crippen LogP contribution >= 0.6 is 0 Å². The maximum absolute atomic E-state index is 10.3. The van der Waals surface area contributed by atoms with Crippen molar-refractivity contribution in [1.82, 2.24) is 0 Å². The normalized spacial score (nSPS) is 28.0. The Labute approximate surface area is 110 Å². The van der Waals surface area contributed by atoms with Crippen LogP contribution in [0.25, 0.3) is 0 Å². The number of aryl methyl sites for hydroxylation is 2. The van der Waals surface area contributed by atoms with Crippen molar-refractivity contribution in [2.24, 2.45) is 0 Å². The summed E-state index contributed by atoms with van der Waals surface area (Å²) < 4.78 is 0. The molecule has 1 fully saturated rings. The van der Waals surface area contributed by atoms with E-state index in [9.17, 15) is 5.11 Å². The van der Waals surface area contributed by atoms with Crippen molar-refractivity contribution in [1.29, 1.82) is 0 Å². The minimum atomic E-state index is -0.133. The molecule has 2 aliphatic rings. The van der Waals surface area contributed by atoms with E-state index in [4.69, 9.17) is 0 Å². The number of aliphatic hydroxyl groups is 1. The van der Waals surface area contributed by atoms with Crippen molar-refractivity contribution in [3.8, 4) is 0 Å². The Morgan fingerprint density at radius 1 is 1.17 bits per heavy atom. The van der Waals surface area contributed by atoms with Crippen molar-refractivity contribution in [2.75, 3.05) is 11.4 Å². The van der Waals surface area contributed by atoms with Gasteiger partial charge < -0.3 is 10.0 Å². The molecule has 1 saturated carbocycles. The highest BCUT2D eigenvalue weighted by Crippen LogP contribution is 2.34. The lowest BCUT2D eigenvalue weighted by Crippen LogP contribution is -2.47. The number of hydrogen-bond donors (Lipinski definition) is 1. The van der Waals surface area contributed by atoms with E-state index in [1.54, 1.807) is 0 Å². The van der Waals surface area contributed by atoms with Gasteiger partial charge in [-0.05, 0) is 44.2 Å². The number of rotatable bonds is 1. The molecule has 0 unspecified atom stereocenters. The molecule has 1 aromatic carbocycles. The van der Waals surface area contributed by atoms with Crippen molar-refractivity contribution in [3.05, 3.63) is 29.3 Å². The van der Waals surface area contributed by atoms with Gasteiger partial charge in [0.1, 0.15) is 0 Å². The third kappa shape index (κ3) is 2.14. The molecular weight excluding hydrogens is 222 g/mol. The molecule has 1 aromatic rings. The zero-order valence-corrected chi connectivity index (χ0v) is 11.2. The van der Waals surface area contributed by atoms with Crippen LogP contribution in [0.3, 0.4) is 0 Å². The molecule has 2 atom stereocenters. The minimum absolute atomic E-state index is 0.133. The molecule has 2 heteroatoms. The molecule has 18 heavy (non-hydrogen) atoms. The standard InChI is InChI=1S/C16H23NO/c1-12-8-9-14-13(11-12)5-4-10-17(14)15-6-2-3-7-16(15)18/h8-9,11,15-16,18H,2-7,10H2,1H3/t15-,16-/m1/s1. The van der Waals surface area contributed by atoms with Gasteiger partial charge in [-0.15, -0.1) is 0 Å².